The van der Waals surface area contributed by atoms with Gasteiger partial charge in [0.15, 0.2) is 0 Å². The molecule has 2 rings (SSSR count). The van der Waals surface area contributed by atoms with Crippen molar-refractivity contribution in [2.45, 2.75) is 6.54 Å². The molecule has 2 radical (unpaired) electrons. The molecule has 0 unspecified atom stereocenters. The van der Waals surface area contributed by atoms with Gasteiger partial charge in [-0.1, -0.05) is 0 Å². The van der Waals surface area contributed by atoms with E-state index in [2.05, 4.69) is 15.4 Å². The molecule has 0 atom stereocenters. The van der Waals surface area contributed by atoms with Crippen molar-refractivity contribution >= 4 is 19.3 Å². The molecule has 0 aliphatic carbocycles. The van der Waals surface area contributed by atoms with Gasteiger partial charge in [0.2, 0.25) is 0 Å². The maximum absolute atomic E-state index is 11.7. The van der Waals surface area contributed by atoms with Crippen molar-refractivity contribution in [1.29, 1.82) is 0 Å². The summed E-state index contributed by atoms with van der Waals surface area (Å²) in [5.41, 5.74) is 1.76. The van der Waals surface area contributed by atoms with Gasteiger partial charge in [0.25, 0.3) is 5.91 Å². The second kappa shape index (κ2) is 4.82. The number of carbonyl (C=O) groups is 1. The molecule has 2 aromatic rings. The molecular weight excluding hydrogens is 215 g/mol. The first-order valence-electron chi connectivity index (χ1n) is 5.13. The van der Waals surface area contributed by atoms with Crippen LogP contribution < -0.4 is 10.9 Å². The predicted octanol–water partition coefficient (Wildman–Crippen LogP) is -0.461. The highest BCUT2D eigenvalue weighted by molar-refractivity contribution is 6.31. The summed E-state index contributed by atoms with van der Waals surface area (Å²) in [4.78, 5) is 15.6. The Kier molecular flexibility index (Phi) is 3.23. The summed E-state index contributed by atoms with van der Waals surface area (Å²) in [6, 6.07) is 5.22. The molecule has 0 aromatic carbocycles. The number of rotatable bonds is 3. The lowest BCUT2D eigenvalue weighted by Gasteiger charge is -2.02. The molecule has 84 valence electrons. The number of aryl methyl sites for hydroxylation is 1. The second-order valence-corrected chi connectivity index (χ2v) is 3.62. The lowest BCUT2D eigenvalue weighted by molar-refractivity contribution is 0.0945. The van der Waals surface area contributed by atoms with E-state index in [4.69, 9.17) is 7.85 Å². The molecule has 0 spiro atoms. The van der Waals surface area contributed by atoms with Crippen molar-refractivity contribution in [3.05, 3.63) is 41.9 Å². The highest BCUT2D eigenvalue weighted by Gasteiger charge is 2.09. The zero-order valence-electron chi connectivity index (χ0n) is 9.42. The summed E-state index contributed by atoms with van der Waals surface area (Å²) in [5, 5.41) is 6.75. The first-order valence-corrected chi connectivity index (χ1v) is 5.13. The summed E-state index contributed by atoms with van der Waals surface area (Å²) in [7, 11) is 7.29. The average molecular weight is 226 g/mol. The molecule has 1 amide bonds. The van der Waals surface area contributed by atoms with Gasteiger partial charge in [-0.2, -0.15) is 5.10 Å². The van der Waals surface area contributed by atoms with Crippen LogP contribution in [-0.4, -0.2) is 28.5 Å². The molecule has 0 saturated heterocycles. The Balaban J connectivity index is 1.98. The maximum Gasteiger partial charge on any atom is 0.272 e. The number of aromatic nitrogens is 3. The van der Waals surface area contributed by atoms with Gasteiger partial charge < -0.3 is 5.32 Å². The number of hydrogen-bond acceptors (Lipinski definition) is 3. The molecule has 0 fully saturated rings. The molecular formula is C11H11BN4O. The quantitative estimate of drug-likeness (QED) is 0.720. The molecule has 6 heteroatoms. The van der Waals surface area contributed by atoms with E-state index in [0.29, 0.717) is 17.8 Å². The number of hydrogen-bond donors (Lipinski definition) is 1. The minimum atomic E-state index is -0.242. The molecule has 2 heterocycles. The normalized spacial score (nSPS) is 10.2. The Morgan fingerprint density at radius 3 is 2.76 bits per heavy atom. The number of pyridine rings is 1. The molecule has 0 bridgehead atoms. The van der Waals surface area contributed by atoms with Crippen LogP contribution in [0.3, 0.4) is 0 Å². The van der Waals surface area contributed by atoms with Crippen molar-refractivity contribution < 1.29 is 4.79 Å². The summed E-state index contributed by atoms with van der Waals surface area (Å²) >= 11 is 0. The highest BCUT2D eigenvalue weighted by atomic mass is 16.1. The van der Waals surface area contributed by atoms with Crippen LogP contribution in [-0.2, 0) is 13.6 Å². The molecule has 1 N–H and O–H groups in total. The topological polar surface area (TPSA) is 59.8 Å². The van der Waals surface area contributed by atoms with E-state index in [1.807, 2.05) is 12.1 Å². The Labute approximate surface area is 100 Å². The lowest BCUT2D eigenvalue weighted by atomic mass is 10.0. The minimum Gasteiger partial charge on any atom is -0.347 e. The summed E-state index contributed by atoms with van der Waals surface area (Å²) in [6.07, 6.45) is 3.36. The van der Waals surface area contributed by atoms with Crippen LogP contribution in [0.5, 0.6) is 0 Å². The second-order valence-electron chi connectivity index (χ2n) is 3.62. The smallest absolute Gasteiger partial charge is 0.272 e. The van der Waals surface area contributed by atoms with E-state index in [1.165, 1.54) is 4.68 Å². The molecule has 5 nitrogen and oxygen atoms in total. The van der Waals surface area contributed by atoms with E-state index >= 15 is 0 Å². The average Bonchev–Trinajstić information content (AvgIpc) is 2.68. The largest absolute Gasteiger partial charge is 0.347 e. The van der Waals surface area contributed by atoms with Crippen LogP contribution in [0.4, 0.5) is 0 Å². The summed E-state index contributed by atoms with van der Waals surface area (Å²) in [6.45, 7) is 0.442. The van der Waals surface area contributed by atoms with Crippen LogP contribution in [0.2, 0.25) is 0 Å². The molecule has 0 aliphatic heterocycles. The van der Waals surface area contributed by atoms with Gasteiger partial charge in [-0.3, -0.25) is 14.5 Å². The lowest BCUT2D eigenvalue weighted by Crippen LogP contribution is -2.23. The van der Waals surface area contributed by atoms with Crippen LogP contribution in [0, 0.1) is 0 Å². The molecule has 2 aromatic heterocycles. The number of amides is 1. The third-order valence-electron chi connectivity index (χ3n) is 2.35. The molecule has 17 heavy (non-hydrogen) atoms. The predicted molar refractivity (Wildman–Crippen MR) is 64.0 cm³/mol. The first kappa shape index (κ1) is 11.4. The SMILES string of the molecule is [B]c1cc(C(=O)NCc2ccncc2)nn1C. The molecule has 0 saturated carbocycles. The zero-order chi connectivity index (χ0) is 12.3. The number of carbonyl (C=O) groups excluding carboxylic acids is 1. The Morgan fingerprint density at radius 1 is 1.47 bits per heavy atom. The van der Waals surface area contributed by atoms with Crippen molar-refractivity contribution in [3.8, 4) is 0 Å². The monoisotopic (exact) mass is 226 g/mol. The third-order valence-corrected chi connectivity index (χ3v) is 2.35. The van der Waals surface area contributed by atoms with E-state index in [1.54, 1.807) is 25.5 Å². The fourth-order valence-corrected chi connectivity index (χ4v) is 1.37. The summed E-state index contributed by atoms with van der Waals surface area (Å²) in [5.74, 6) is -0.242. The van der Waals surface area contributed by atoms with Gasteiger partial charge in [-0.25, -0.2) is 0 Å². The third kappa shape index (κ3) is 2.72. The zero-order valence-corrected chi connectivity index (χ0v) is 9.42. The maximum atomic E-state index is 11.7. The Morgan fingerprint density at radius 2 is 2.18 bits per heavy atom. The van der Waals surface area contributed by atoms with Gasteiger partial charge in [0, 0.05) is 26.0 Å². The van der Waals surface area contributed by atoms with Crippen molar-refractivity contribution in [2.24, 2.45) is 7.05 Å². The number of nitrogens with one attached hydrogen (secondary N) is 1. The van der Waals surface area contributed by atoms with Crippen LogP contribution in [0.1, 0.15) is 16.1 Å². The van der Waals surface area contributed by atoms with E-state index < -0.39 is 0 Å². The van der Waals surface area contributed by atoms with Gasteiger partial charge in [0.1, 0.15) is 13.5 Å². The number of nitrogens with zero attached hydrogens (tertiary/aromatic N) is 3. The Bertz CT molecular complexity index is 504. The van der Waals surface area contributed by atoms with Crippen LogP contribution >= 0.6 is 0 Å². The van der Waals surface area contributed by atoms with Gasteiger partial charge in [-0.15, -0.1) is 0 Å². The van der Waals surface area contributed by atoms with E-state index in [0.717, 1.165) is 5.56 Å². The van der Waals surface area contributed by atoms with Crippen LogP contribution in [0.15, 0.2) is 30.6 Å². The van der Waals surface area contributed by atoms with Gasteiger partial charge >= 0.3 is 0 Å². The fraction of sp³-hybridized carbons (Fsp3) is 0.182. The van der Waals surface area contributed by atoms with E-state index in [9.17, 15) is 4.79 Å². The highest BCUT2D eigenvalue weighted by Crippen LogP contribution is 1.97. The van der Waals surface area contributed by atoms with E-state index in [-0.39, 0.29) is 5.91 Å². The van der Waals surface area contributed by atoms with Crippen molar-refractivity contribution in [1.82, 2.24) is 20.1 Å². The first-order chi connectivity index (χ1) is 8.16. The van der Waals surface area contributed by atoms with Crippen molar-refractivity contribution in [2.75, 3.05) is 0 Å². The Hall–Kier alpha value is -2.11. The van der Waals surface area contributed by atoms with Gasteiger partial charge in [0.05, 0.1) is 0 Å². The van der Waals surface area contributed by atoms with Gasteiger partial charge in [-0.05, 0) is 29.4 Å². The fourth-order valence-electron chi connectivity index (χ4n) is 1.37. The standard InChI is InChI=1S/C11H11BN4O/c1-16-10(12)6-9(15-16)11(17)14-7-8-2-4-13-5-3-8/h2-6H,7H2,1H3,(H,14,17). The summed E-state index contributed by atoms with van der Waals surface area (Å²) < 4.78 is 1.46. The van der Waals surface area contributed by atoms with Crippen molar-refractivity contribution in [3.63, 3.8) is 0 Å². The van der Waals surface area contributed by atoms with Crippen LogP contribution in [0.25, 0.3) is 0 Å². The molecule has 0 aliphatic rings. The minimum absolute atomic E-state index is 0.242.